The molecule has 3 nitrogen and oxygen atoms in total. The van der Waals surface area contributed by atoms with Gasteiger partial charge in [-0.25, -0.2) is 0 Å². The van der Waals surface area contributed by atoms with Crippen molar-refractivity contribution in [1.29, 1.82) is 0 Å². The number of hydrogen-bond acceptors (Lipinski definition) is 3. The fraction of sp³-hybridized carbons (Fsp3) is 0.625. The van der Waals surface area contributed by atoms with Crippen molar-refractivity contribution in [3.8, 4) is 11.5 Å². The van der Waals surface area contributed by atoms with E-state index in [4.69, 9.17) is 9.47 Å². The number of hydrogen-bond donors (Lipinski definition) is 1. The summed E-state index contributed by atoms with van der Waals surface area (Å²) in [6, 6.07) is 6.39. The molecule has 1 atom stereocenters. The highest BCUT2D eigenvalue weighted by molar-refractivity contribution is 5.42. The maximum absolute atomic E-state index is 5.92. The Morgan fingerprint density at radius 1 is 1.21 bits per heavy atom. The fourth-order valence-electron chi connectivity index (χ4n) is 1.89. The summed E-state index contributed by atoms with van der Waals surface area (Å²) in [7, 11) is 1.68. The van der Waals surface area contributed by atoms with Crippen LogP contribution in [0.5, 0.6) is 11.5 Å². The van der Waals surface area contributed by atoms with Crippen LogP contribution in [0.4, 0.5) is 0 Å². The second-order valence-electron chi connectivity index (χ2n) is 5.27. The van der Waals surface area contributed by atoms with Crippen molar-refractivity contribution in [2.75, 3.05) is 20.3 Å². The third kappa shape index (κ3) is 5.11. The van der Waals surface area contributed by atoms with Gasteiger partial charge in [0, 0.05) is 6.04 Å². The summed E-state index contributed by atoms with van der Waals surface area (Å²) in [4.78, 5) is 0. The standard InChI is InChI=1S/C16H27NO2/c1-6-9-17-14(12(2)3)11-19-15-8-7-13(4)10-16(15)18-5/h7-8,10,12,14,17H,6,9,11H2,1-5H3. The van der Waals surface area contributed by atoms with Crippen molar-refractivity contribution >= 4 is 0 Å². The van der Waals surface area contributed by atoms with Gasteiger partial charge in [-0.1, -0.05) is 26.8 Å². The largest absolute Gasteiger partial charge is 0.493 e. The zero-order valence-electron chi connectivity index (χ0n) is 12.8. The van der Waals surface area contributed by atoms with Crippen molar-refractivity contribution in [3.05, 3.63) is 23.8 Å². The van der Waals surface area contributed by atoms with E-state index in [2.05, 4.69) is 26.1 Å². The third-order valence-electron chi connectivity index (χ3n) is 3.20. The highest BCUT2D eigenvalue weighted by atomic mass is 16.5. The Bertz CT molecular complexity index is 377. The number of ether oxygens (including phenoxy) is 2. The lowest BCUT2D eigenvalue weighted by molar-refractivity contribution is 0.222. The maximum atomic E-state index is 5.92. The van der Waals surface area contributed by atoms with Gasteiger partial charge in [-0.05, 0) is 43.5 Å². The topological polar surface area (TPSA) is 30.5 Å². The minimum absolute atomic E-state index is 0.367. The molecule has 1 N–H and O–H groups in total. The molecule has 0 bridgehead atoms. The first-order chi connectivity index (χ1) is 9.08. The monoisotopic (exact) mass is 265 g/mol. The molecule has 0 heterocycles. The highest BCUT2D eigenvalue weighted by Crippen LogP contribution is 2.28. The van der Waals surface area contributed by atoms with Crippen LogP contribution in [0.2, 0.25) is 0 Å². The molecule has 0 aliphatic carbocycles. The van der Waals surface area contributed by atoms with Crippen LogP contribution in [0, 0.1) is 12.8 Å². The van der Waals surface area contributed by atoms with Gasteiger partial charge in [-0.3, -0.25) is 0 Å². The van der Waals surface area contributed by atoms with E-state index in [0.29, 0.717) is 18.6 Å². The first-order valence-corrected chi connectivity index (χ1v) is 7.09. The molecule has 0 aliphatic rings. The molecule has 1 rings (SSSR count). The van der Waals surface area contributed by atoms with Gasteiger partial charge in [0.25, 0.3) is 0 Å². The van der Waals surface area contributed by atoms with E-state index in [-0.39, 0.29) is 0 Å². The van der Waals surface area contributed by atoms with Gasteiger partial charge in [-0.2, -0.15) is 0 Å². The Labute approximate surface area is 117 Å². The predicted molar refractivity (Wildman–Crippen MR) is 80.1 cm³/mol. The van der Waals surface area contributed by atoms with E-state index in [1.165, 1.54) is 5.56 Å². The molecule has 108 valence electrons. The highest BCUT2D eigenvalue weighted by Gasteiger charge is 2.14. The Kier molecular flexibility index (Phi) is 6.71. The Morgan fingerprint density at radius 3 is 2.53 bits per heavy atom. The Morgan fingerprint density at radius 2 is 1.95 bits per heavy atom. The molecule has 3 heteroatoms. The van der Waals surface area contributed by atoms with Crippen molar-refractivity contribution in [1.82, 2.24) is 5.32 Å². The van der Waals surface area contributed by atoms with Crippen LogP contribution in [0.15, 0.2) is 18.2 Å². The van der Waals surface area contributed by atoms with Gasteiger partial charge in [0.2, 0.25) is 0 Å². The molecule has 1 aromatic carbocycles. The summed E-state index contributed by atoms with van der Waals surface area (Å²) in [6.45, 7) is 10.3. The molecule has 0 radical (unpaired) electrons. The smallest absolute Gasteiger partial charge is 0.161 e. The van der Waals surface area contributed by atoms with E-state index in [1.807, 2.05) is 25.1 Å². The van der Waals surface area contributed by atoms with E-state index < -0.39 is 0 Å². The molecule has 19 heavy (non-hydrogen) atoms. The van der Waals surface area contributed by atoms with Crippen LogP contribution >= 0.6 is 0 Å². The van der Waals surface area contributed by atoms with E-state index >= 15 is 0 Å². The molecule has 0 amide bonds. The first-order valence-electron chi connectivity index (χ1n) is 7.09. The molecule has 1 unspecified atom stereocenters. The summed E-state index contributed by atoms with van der Waals surface area (Å²) in [5.41, 5.74) is 1.17. The van der Waals surface area contributed by atoms with Crippen molar-refractivity contribution in [2.45, 2.75) is 40.2 Å². The van der Waals surface area contributed by atoms with E-state index in [9.17, 15) is 0 Å². The van der Waals surface area contributed by atoms with Gasteiger partial charge in [0.05, 0.1) is 7.11 Å². The summed E-state index contributed by atoms with van der Waals surface area (Å²) < 4.78 is 11.3. The molecule has 0 saturated heterocycles. The first kappa shape index (κ1) is 15.8. The Hall–Kier alpha value is -1.22. The average Bonchev–Trinajstić information content (AvgIpc) is 2.39. The van der Waals surface area contributed by atoms with Gasteiger partial charge in [-0.15, -0.1) is 0 Å². The number of benzene rings is 1. The molecular formula is C16H27NO2. The minimum atomic E-state index is 0.367. The molecule has 0 spiro atoms. The zero-order valence-corrected chi connectivity index (χ0v) is 12.8. The van der Waals surface area contributed by atoms with Crippen LogP contribution in [0.3, 0.4) is 0 Å². The van der Waals surface area contributed by atoms with Gasteiger partial charge < -0.3 is 14.8 Å². The zero-order chi connectivity index (χ0) is 14.3. The van der Waals surface area contributed by atoms with Crippen molar-refractivity contribution in [3.63, 3.8) is 0 Å². The SMILES string of the molecule is CCCNC(COc1ccc(C)cc1OC)C(C)C. The lowest BCUT2D eigenvalue weighted by atomic mass is 10.1. The van der Waals surface area contributed by atoms with Gasteiger partial charge in [0.15, 0.2) is 11.5 Å². The maximum Gasteiger partial charge on any atom is 0.161 e. The van der Waals surface area contributed by atoms with E-state index in [0.717, 1.165) is 24.5 Å². The minimum Gasteiger partial charge on any atom is -0.493 e. The van der Waals surface area contributed by atoms with Crippen molar-refractivity contribution < 1.29 is 9.47 Å². The van der Waals surface area contributed by atoms with Crippen LogP contribution in [-0.4, -0.2) is 26.3 Å². The van der Waals surface area contributed by atoms with Gasteiger partial charge in [0.1, 0.15) is 6.61 Å². The molecule has 0 aromatic heterocycles. The second kappa shape index (κ2) is 8.05. The fourth-order valence-corrected chi connectivity index (χ4v) is 1.89. The van der Waals surface area contributed by atoms with Crippen LogP contribution < -0.4 is 14.8 Å². The number of rotatable bonds is 8. The quantitative estimate of drug-likeness (QED) is 0.781. The number of aryl methyl sites for hydroxylation is 1. The van der Waals surface area contributed by atoms with E-state index in [1.54, 1.807) is 7.11 Å². The predicted octanol–water partition coefficient (Wildman–Crippen LogP) is 3.41. The number of methoxy groups -OCH3 is 1. The molecule has 0 fully saturated rings. The van der Waals surface area contributed by atoms with Gasteiger partial charge >= 0.3 is 0 Å². The third-order valence-corrected chi connectivity index (χ3v) is 3.20. The summed E-state index contributed by atoms with van der Waals surface area (Å²) in [5, 5.41) is 3.52. The van der Waals surface area contributed by atoms with Crippen LogP contribution in [0.1, 0.15) is 32.8 Å². The van der Waals surface area contributed by atoms with Crippen molar-refractivity contribution in [2.24, 2.45) is 5.92 Å². The van der Waals surface area contributed by atoms with Crippen LogP contribution in [-0.2, 0) is 0 Å². The lowest BCUT2D eigenvalue weighted by Crippen LogP contribution is -2.39. The molecule has 1 aromatic rings. The molecule has 0 saturated carbocycles. The summed E-state index contributed by atoms with van der Waals surface area (Å²) >= 11 is 0. The lowest BCUT2D eigenvalue weighted by Gasteiger charge is -2.23. The van der Waals surface area contributed by atoms with Crippen LogP contribution in [0.25, 0.3) is 0 Å². The second-order valence-corrected chi connectivity index (χ2v) is 5.27. The average molecular weight is 265 g/mol. The molecule has 0 aliphatic heterocycles. The molecular weight excluding hydrogens is 238 g/mol. The summed E-state index contributed by atoms with van der Waals surface area (Å²) in [5.74, 6) is 2.16. The summed E-state index contributed by atoms with van der Waals surface area (Å²) in [6.07, 6.45) is 1.14. The Balaban J connectivity index is 2.63. The normalized spacial score (nSPS) is 12.5. The number of nitrogens with one attached hydrogen (secondary N) is 1.